The number of benzene rings is 1. The molecule has 21 heavy (non-hydrogen) atoms. The fourth-order valence-corrected chi connectivity index (χ4v) is 2.45. The van der Waals surface area contributed by atoms with E-state index in [-0.39, 0.29) is 18.9 Å². The molecule has 1 aliphatic heterocycles. The highest BCUT2D eigenvalue weighted by Gasteiger charge is 2.35. The van der Waals surface area contributed by atoms with Crippen LogP contribution >= 0.6 is 0 Å². The molecule has 0 spiro atoms. The van der Waals surface area contributed by atoms with E-state index in [0.717, 1.165) is 11.3 Å². The van der Waals surface area contributed by atoms with Crippen molar-refractivity contribution in [2.24, 2.45) is 5.92 Å². The van der Waals surface area contributed by atoms with Crippen LogP contribution in [0.4, 0.5) is 5.69 Å². The van der Waals surface area contributed by atoms with Crippen molar-refractivity contribution in [2.75, 3.05) is 11.4 Å². The number of carboxylic acids is 1. The molecule has 1 amide bonds. The number of hydrogen-bond acceptors (Lipinski definition) is 3. The molecule has 0 radical (unpaired) electrons. The molecule has 1 aromatic heterocycles. The first-order valence-electron chi connectivity index (χ1n) is 6.70. The minimum Gasteiger partial charge on any atom is -0.481 e. The number of pyridine rings is 1. The molecule has 5 heteroatoms. The van der Waals surface area contributed by atoms with E-state index < -0.39 is 11.9 Å². The monoisotopic (exact) mass is 282 g/mol. The van der Waals surface area contributed by atoms with Crippen LogP contribution in [0.25, 0.3) is 11.3 Å². The Hall–Kier alpha value is -2.69. The molecule has 5 nitrogen and oxygen atoms in total. The van der Waals surface area contributed by atoms with Crippen LogP contribution in [0.15, 0.2) is 48.7 Å². The summed E-state index contributed by atoms with van der Waals surface area (Å²) >= 11 is 0. The standard InChI is InChI=1S/C16H14N2O3/c19-15-8-12(16(20)21)10-18(15)13-6-7-14(17-9-13)11-4-2-1-3-5-11/h1-7,9,12H,8,10H2,(H,20,21). The summed E-state index contributed by atoms with van der Waals surface area (Å²) in [4.78, 5) is 28.7. The van der Waals surface area contributed by atoms with Crippen molar-refractivity contribution < 1.29 is 14.7 Å². The number of amides is 1. The van der Waals surface area contributed by atoms with Crippen molar-refractivity contribution >= 4 is 17.6 Å². The lowest BCUT2D eigenvalue weighted by atomic mass is 10.1. The Morgan fingerprint density at radius 2 is 1.95 bits per heavy atom. The Kier molecular flexibility index (Phi) is 3.39. The van der Waals surface area contributed by atoms with Gasteiger partial charge in [-0.3, -0.25) is 14.6 Å². The quantitative estimate of drug-likeness (QED) is 0.936. The largest absolute Gasteiger partial charge is 0.481 e. The van der Waals surface area contributed by atoms with E-state index in [2.05, 4.69) is 4.98 Å². The molecule has 1 unspecified atom stereocenters. The summed E-state index contributed by atoms with van der Waals surface area (Å²) in [5.41, 5.74) is 2.46. The van der Waals surface area contributed by atoms with Crippen molar-refractivity contribution in [1.29, 1.82) is 0 Å². The molecule has 1 aromatic carbocycles. The van der Waals surface area contributed by atoms with Crippen molar-refractivity contribution in [3.8, 4) is 11.3 Å². The summed E-state index contributed by atoms with van der Waals surface area (Å²) in [6.45, 7) is 0.209. The number of carbonyl (C=O) groups excluding carboxylic acids is 1. The predicted octanol–water partition coefficient (Wildman–Crippen LogP) is 2.19. The third kappa shape index (κ3) is 2.63. The summed E-state index contributed by atoms with van der Waals surface area (Å²) in [5.74, 6) is -1.73. The number of anilines is 1. The molecule has 1 atom stereocenters. The van der Waals surface area contributed by atoms with Crippen LogP contribution in [0.5, 0.6) is 0 Å². The summed E-state index contributed by atoms with van der Waals surface area (Å²) in [6, 6.07) is 13.4. The van der Waals surface area contributed by atoms with Crippen molar-refractivity contribution in [2.45, 2.75) is 6.42 Å². The van der Waals surface area contributed by atoms with Crippen molar-refractivity contribution in [1.82, 2.24) is 4.98 Å². The zero-order valence-electron chi connectivity index (χ0n) is 11.3. The minimum absolute atomic E-state index is 0.0514. The number of hydrogen-bond donors (Lipinski definition) is 1. The van der Waals surface area contributed by atoms with Gasteiger partial charge in [-0.1, -0.05) is 30.3 Å². The zero-order chi connectivity index (χ0) is 14.8. The van der Waals surface area contributed by atoms with Crippen LogP contribution in [0.3, 0.4) is 0 Å². The Labute approximate surface area is 121 Å². The molecular weight excluding hydrogens is 268 g/mol. The lowest BCUT2D eigenvalue weighted by Crippen LogP contribution is -2.25. The topological polar surface area (TPSA) is 70.5 Å². The first-order chi connectivity index (χ1) is 10.1. The van der Waals surface area contributed by atoms with E-state index in [9.17, 15) is 9.59 Å². The van der Waals surface area contributed by atoms with Crippen molar-refractivity contribution in [3.63, 3.8) is 0 Å². The molecule has 1 saturated heterocycles. The van der Waals surface area contributed by atoms with Crippen LogP contribution in [0.2, 0.25) is 0 Å². The second-order valence-electron chi connectivity index (χ2n) is 5.01. The number of carboxylic acid groups (broad SMARTS) is 1. The van der Waals surface area contributed by atoms with Gasteiger partial charge in [0.2, 0.25) is 5.91 Å². The Bertz CT molecular complexity index is 668. The normalized spacial score (nSPS) is 18.0. The van der Waals surface area contributed by atoms with E-state index >= 15 is 0 Å². The summed E-state index contributed by atoms with van der Waals surface area (Å²) in [7, 11) is 0. The van der Waals surface area contributed by atoms with Gasteiger partial charge in [0.15, 0.2) is 0 Å². The summed E-state index contributed by atoms with van der Waals surface area (Å²) < 4.78 is 0. The van der Waals surface area contributed by atoms with E-state index in [0.29, 0.717) is 5.69 Å². The molecular formula is C16H14N2O3. The van der Waals surface area contributed by atoms with Gasteiger partial charge < -0.3 is 10.0 Å². The number of carbonyl (C=O) groups is 2. The molecule has 106 valence electrons. The molecule has 2 heterocycles. The molecule has 3 rings (SSSR count). The number of nitrogens with zero attached hydrogens (tertiary/aromatic N) is 2. The van der Waals surface area contributed by atoms with E-state index in [1.165, 1.54) is 4.90 Å². The molecule has 0 bridgehead atoms. The van der Waals surface area contributed by atoms with E-state index in [1.54, 1.807) is 12.3 Å². The first kappa shape index (κ1) is 13.3. The van der Waals surface area contributed by atoms with Gasteiger partial charge in [0.05, 0.1) is 23.5 Å². The maximum Gasteiger partial charge on any atom is 0.308 e. The first-order valence-corrected chi connectivity index (χ1v) is 6.70. The zero-order valence-corrected chi connectivity index (χ0v) is 11.3. The Morgan fingerprint density at radius 3 is 2.52 bits per heavy atom. The molecule has 1 fully saturated rings. The second-order valence-corrected chi connectivity index (χ2v) is 5.01. The van der Waals surface area contributed by atoms with Gasteiger partial charge in [-0.2, -0.15) is 0 Å². The van der Waals surface area contributed by atoms with Crippen LogP contribution in [0, 0.1) is 5.92 Å². The lowest BCUT2D eigenvalue weighted by molar-refractivity contribution is -0.141. The van der Waals surface area contributed by atoms with Gasteiger partial charge in [0.1, 0.15) is 0 Å². The van der Waals surface area contributed by atoms with Crippen LogP contribution in [-0.2, 0) is 9.59 Å². The fourth-order valence-electron chi connectivity index (χ4n) is 2.45. The lowest BCUT2D eigenvalue weighted by Gasteiger charge is -2.15. The van der Waals surface area contributed by atoms with Gasteiger partial charge >= 0.3 is 5.97 Å². The highest BCUT2D eigenvalue weighted by molar-refractivity contribution is 5.99. The molecule has 0 aliphatic carbocycles. The summed E-state index contributed by atoms with van der Waals surface area (Å²) in [6.07, 6.45) is 1.67. The molecule has 0 saturated carbocycles. The Morgan fingerprint density at radius 1 is 1.19 bits per heavy atom. The highest BCUT2D eigenvalue weighted by atomic mass is 16.4. The third-order valence-electron chi connectivity index (χ3n) is 3.60. The number of rotatable bonds is 3. The van der Waals surface area contributed by atoms with Crippen LogP contribution in [-0.4, -0.2) is 28.5 Å². The Balaban J connectivity index is 1.82. The average molecular weight is 282 g/mol. The van der Waals surface area contributed by atoms with E-state index in [1.807, 2.05) is 36.4 Å². The van der Waals surface area contributed by atoms with Crippen molar-refractivity contribution in [3.05, 3.63) is 48.7 Å². The SMILES string of the molecule is O=C(O)C1CC(=O)N(c2ccc(-c3ccccc3)nc2)C1. The summed E-state index contributed by atoms with van der Waals surface area (Å²) in [5, 5.41) is 8.99. The van der Waals surface area contributed by atoms with Gasteiger partial charge in [0, 0.05) is 18.5 Å². The third-order valence-corrected chi connectivity index (χ3v) is 3.60. The maximum absolute atomic E-state index is 11.9. The minimum atomic E-state index is -0.931. The number of aromatic nitrogens is 1. The van der Waals surface area contributed by atoms with Gasteiger partial charge in [-0.05, 0) is 12.1 Å². The average Bonchev–Trinajstić information content (AvgIpc) is 2.91. The van der Waals surface area contributed by atoms with E-state index in [4.69, 9.17) is 5.11 Å². The molecule has 1 aliphatic rings. The number of aliphatic carboxylic acids is 1. The molecule has 2 aromatic rings. The smallest absolute Gasteiger partial charge is 0.308 e. The highest BCUT2D eigenvalue weighted by Crippen LogP contribution is 2.26. The maximum atomic E-state index is 11.9. The van der Waals surface area contributed by atoms with Crippen LogP contribution < -0.4 is 4.90 Å². The second kappa shape index (κ2) is 5.36. The van der Waals surface area contributed by atoms with Crippen LogP contribution in [0.1, 0.15) is 6.42 Å². The predicted molar refractivity (Wildman–Crippen MR) is 77.8 cm³/mol. The fraction of sp³-hybridized carbons (Fsp3) is 0.188. The van der Waals surface area contributed by atoms with Gasteiger partial charge in [-0.15, -0.1) is 0 Å². The molecule has 1 N–H and O–H groups in total. The van der Waals surface area contributed by atoms with Gasteiger partial charge in [-0.25, -0.2) is 0 Å². The van der Waals surface area contributed by atoms with Gasteiger partial charge in [0.25, 0.3) is 0 Å².